The van der Waals surface area contributed by atoms with E-state index in [1.807, 2.05) is 52.7 Å². The first kappa shape index (κ1) is 12.4. The zero-order chi connectivity index (χ0) is 14.4. The summed E-state index contributed by atoms with van der Waals surface area (Å²) in [5, 5.41) is 2.99. The van der Waals surface area contributed by atoms with Crippen molar-refractivity contribution >= 4 is 38.7 Å². The van der Waals surface area contributed by atoms with Crippen LogP contribution in [0.25, 0.3) is 10.1 Å². The van der Waals surface area contributed by atoms with E-state index in [4.69, 9.17) is 5.73 Å². The van der Waals surface area contributed by atoms with E-state index < -0.39 is 0 Å². The number of carbonyl (C=O) groups is 1. The lowest BCUT2D eigenvalue weighted by Crippen LogP contribution is -2.28. The van der Waals surface area contributed by atoms with Crippen LogP contribution in [-0.2, 0) is 6.42 Å². The van der Waals surface area contributed by atoms with E-state index in [1.165, 1.54) is 0 Å². The summed E-state index contributed by atoms with van der Waals surface area (Å²) in [7, 11) is 0. The summed E-state index contributed by atoms with van der Waals surface area (Å²) in [6, 6.07) is 13.8. The number of benzene rings is 2. The maximum Gasteiger partial charge on any atom is 0.259 e. The maximum atomic E-state index is 12.9. The zero-order valence-electron chi connectivity index (χ0n) is 11.4. The predicted octanol–water partition coefficient (Wildman–Crippen LogP) is 3.69. The normalized spacial score (nSPS) is 13.6. The Morgan fingerprint density at radius 1 is 1.14 bits per heavy atom. The third-order valence-corrected chi connectivity index (χ3v) is 4.98. The van der Waals surface area contributed by atoms with Crippen LogP contribution in [-0.4, -0.2) is 12.5 Å². The monoisotopic (exact) mass is 294 g/mol. The number of anilines is 2. The van der Waals surface area contributed by atoms with Gasteiger partial charge in [-0.25, -0.2) is 0 Å². The average molecular weight is 294 g/mol. The number of nitrogen functional groups attached to an aromatic ring is 1. The summed E-state index contributed by atoms with van der Waals surface area (Å²) < 4.78 is 1.15. The second-order valence-corrected chi connectivity index (χ2v) is 6.11. The van der Waals surface area contributed by atoms with E-state index in [0.717, 1.165) is 39.0 Å². The molecule has 4 heteroatoms. The molecule has 4 rings (SSSR count). The minimum Gasteiger partial charge on any atom is -0.398 e. The van der Waals surface area contributed by atoms with Gasteiger partial charge in [-0.2, -0.15) is 0 Å². The van der Waals surface area contributed by atoms with Crippen molar-refractivity contribution in [1.82, 2.24) is 0 Å². The van der Waals surface area contributed by atoms with Gasteiger partial charge in [-0.3, -0.25) is 4.79 Å². The fraction of sp³-hybridized carbons (Fsp3) is 0.118. The molecule has 21 heavy (non-hydrogen) atoms. The highest BCUT2D eigenvalue weighted by molar-refractivity contribution is 7.17. The maximum absolute atomic E-state index is 12.9. The van der Waals surface area contributed by atoms with Crippen LogP contribution in [0.1, 0.15) is 15.9 Å². The van der Waals surface area contributed by atoms with Crippen molar-refractivity contribution in [3.05, 3.63) is 59.0 Å². The van der Waals surface area contributed by atoms with Crippen molar-refractivity contribution in [3.63, 3.8) is 0 Å². The number of carbonyl (C=O) groups excluding carboxylic acids is 1. The molecule has 0 unspecified atom stereocenters. The molecule has 0 saturated carbocycles. The summed E-state index contributed by atoms with van der Waals surface area (Å²) >= 11 is 1.61. The summed E-state index contributed by atoms with van der Waals surface area (Å²) in [5.74, 6) is 0.0665. The van der Waals surface area contributed by atoms with Crippen LogP contribution in [0.2, 0.25) is 0 Å². The first-order valence-corrected chi connectivity index (χ1v) is 7.79. The largest absolute Gasteiger partial charge is 0.398 e. The highest BCUT2D eigenvalue weighted by atomic mass is 32.1. The number of thiophene rings is 1. The minimum absolute atomic E-state index is 0.0665. The molecule has 2 heterocycles. The first-order valence-electron chi connectivity index (χ1n) is 6.91. The molecular weight excluding hydrogens is 280 g/mol. The third-order valence-electron chi connectivity index (χ3n) is 4.02. The number of fused-ring (bicyclic) bond motifs is 2. The molecular formula is C17H14N2OS. The molecule has 3 nitrogen and oxygen atoms in total. The van der Waals surface area contributed by atoms with Gasteiger partial charge in [0.1, 0.15) is 0 Å². The van der Waals surface area contributed by atoms with Crippen molar-refractivity contribution in [2.45, 2.75) is 6.42 Å². The van der Waals surface area contributed by atoms with Crippen molar-refractivity contribution in [1.29, 1.82) is 0 Å². The topological polar surface area (TPSA) is 46.3 Å². The molecule has 0 fully saturated rings. The molecule has 0 radical (unpaired) electrons. The van der Waals surface area contributed by atoms with Gasteiger partial charge in [-0.05, 0) is 24.6 Å². The molecule has 0 aliphatic carbocycles. The fourth-order valence-electron chi connectivity index (χ4n) is 2.96. The molecule has 0 atom stereocenters. The lowest BCUT2D eigenvalue weighted by atomic mass is 10.1. The van der Waals surface area contributed by atoms with E-state index in [2.05, 4.69) is 0 Å². The number of nitrogens with two attached hydrogens (primary N) is 1. The first-order chi connectivity index (χ1) is 10.3. The van der Waals surface area contributed by atoms with Crippen LogP contribution in [0.4, 0.5) is 11.4 Å². The second kappa shape index (κ2) is 4.60. The van der Waals surface area contributed by atoms with Crippen LogP contribution in [0, 0.1) is 0 Å². The van der Waals surface area contributed by atoms with Gasteiger partial charge in [0.2, 0.25) is 0 Å². The van der Waals surface area contributed by atoms with Gasteiger partial charge in [0.25, 0.3) is 5.91 Å². The van der Waals surface area contributed by atoms with Gasteiger partial charge < -0.3 is 10.6 Å². The molecule has 2 N–H and O–H groups in total. The fourth-order valence-corrected chi connectivity index (χ4v) is 3.90. The lowest BCUT2D eigenvalue weighted by Gasteiger charge is -2.17. The van der Waals surface area contributed by atoms with Gasteiger partial charge in [0, 0.05) is 38.9 Å². The summed E-state index contributed by atoms with van der Waals surface area (Å²) in [6.07, 6.45) is 0.829. The van der Waals surface area contributed by atoms with Crippen molar-refractivity contribution in [2.75, 3.05) is 17.2 Å². The van der Waals surface area contributed by atoms with E-state index in [-0.39, 0.29) is 5.91 Å². The number of hydrogen-bond donors (Lipinski definition) is 1. The van der Waals surface area contributed by atoms with Gasteiger partial charge >= 0.3 is 0 Å². The molecule has 0 bridgehead atoms. The van der Waals surface area contributed by atoms with Gasteiger partial charge in [-0.15, -0.1) is 11.3 Å². The van der Waals surface area contributed by atoms with Crippen molar-refractivity contribution in [3.8, 4) is 0 Å². The Hall–Kier alpha value is -2.33. The molecule has 1 amide bonds. The van der Waals surface area contributed by atoms with Gasteiger partial charge in [0.15, 0.2) is 0 Å². The average Bonchev–Trinajstić information content (AvgIpc) is 3.11. The summed E-state index contributed by atoms with van der Waals surface area (Å²) in [4.78, 5) is 14.7. The van der Waals surface area contributed by atoms with Crippen LogP contribution in [0.5, 0.6) is 0 Å². The molecule has 1 aromatic heterocycles. The summed E-state index contributed by atoms with van der Waals surface area (Å²) in [6.45, 7) is 0.701. The molecule has 3 aromatic rings. The van der Waals surface area contributed by atoms with Crippen LogP contribution < -0.4 is 10.6 Å². The van der Waals surface area contributed by atoms with Crippen LogP contribution in [0.15, 0.2) is 47.8 Å². The number of rotatable bonds is 1. The molecule has 2 aromatic carbocycles. The van der Waals surface area contributed by atoms with Gasteiger partial charge in [-0.1, -0.05) is 24.3 Å². The number of amides is 1. The number of hydrogen-bond acceptors (Lipinski definition) is 3. The van der Waals surface area contributed by atoms with E-state index in [9.17, 15) is 4.79 Å². The highest BCUT2D eigenvalue weighted by Gasteiger charge is 2.28. The third kappa shape index (κ3) is 1.83. The van der Waals surface area contributed by atoms with Gasteiger partial charge in [0.05, 0.1) is 5.56 Å². The second-order valence-electron chi connectivity index (χ2n) is 5.20. The standard InChI is InChI=1S/C17H14N2OS/c18-14-5-3-6-15-12(14)8-9-19(15)17(20)13-10-21-16-7-2-1-4-11(13)16/h1-7,10H,8-9,18H2. The van der Waals surface area contributed by atoms with Crippen molar-refractivity contribution < 1.29 is 4.79 Å². The molecule has 104 valence electrons. The summed E-state index contributed by atoms with van der Waals surface area (Å²) in [5.41, 5.74) is 9.61. The quantitative estimate of drug-likeness (QED) is 0.696. The van der Waals surface area contributed by atoms with E-state index in [1.54, 1.807) is 11.3 Å². The molecule has 1 aliphatic rings. The minimum atomic E-state index is 0.0665. The zero-order valence-corrected chi connectivity index (χ0v) is 12.2. The van der Waals surface area contributed by atoms with E-state index in [0.29, 0.717) is 6.54 Å². The van der Waals surface area contributed by atoms with Crippen molar-refractivity contribution in [2.24, 2.45) is 0 Å². The molecule has 0 saturated heterocycles. The Bertz CT molecular complexity index is 853. The molecule has 1 aliphatic heterocycles. The Morgan fingerprint density at radius 2 is 2.00 bits per heavy atom. The Morgan fingerprint density at radius 3 is 2.90 bits per heavy atom. The molecule has 0 spiro atoms. The number of nitrogens with zero attached hydrogens (tertiary/aromatic N) is 1. The lowest BCUT2D eigenvalue weighted by molar-refractivity contribution is 0.0991. The SMILES string of the molecule is Nc1cccc2c1CCN2C(=O)c1csc2ccccc12. The predicted molar refractivity (Wildman–Crippen MR) is 88.1 cm³/mol. The van der Waals surface area contributed by atoms with E-state index >= 15 is 0 Å². The smallest absolute Gasteiger partial charge is 0.259 e. The van der Waals surface area contributed by atoms with Crippen LogP contribution >= 0.6 is 11.3 Å². The van der Waals surface area contributed by atoms with Crippen LogP contribution in [0.3, 0.4) is 0 Å². The highest BCUT2D eigenvalue weighted by Crippen LogP contribution is 2.35. The Labute approximate surface area is 126 Å². The Kier molecular flexibility index (Phi) is 2.72. The Balaban J connectivity index is 1.79.